The van der Waals surface area contributed by atoms with E-state index in [1.54, 1.807) is 24.5 Å². The summed E-state index contributed by atoms with van der Waals surface area (Å²) in [6.45, 7) is 4.56. The standard InChI is InChI=1S/C23H34N4O2/c1-25-13-3-5-21(25)23(29)26-14-2-4-18(8-15-26)19-9-16-27(17-10-19)22(28)20-6-11-24-12-7-20/h6-7,11-12,18-19,21H,2-5,8-10,13-17H2,1H3/t18?,21-/m1/s1. The van der Waals surface area contributed by atoms with Crippen LogP contribution in [0.2, 0.25) is 0 Å². The smallest absolute Gasteiger partial charge is 0.253 e. The lowest BCUT2D eigenvalue weighted by Gasteiger charge is -2.36. The highest BCUT2D eigenvalue weighted by Crippen LogP contribution is 2.33. The first-order valence-electron chi connectivity index (χ1n) is 11.3. The maximum absolute atomic E-state index is 12.9. The molecule has 1 unspecified atom stereocenters. The second kappa shape index (κ2) is 9.24. The molecular weight excluding hydrogens is 364 g/mol. The first kappa shape index (κ1) is 20.3. The zero-order valence-electron chi connectivity index (χ0n) is 17.6. The molecule has 2 atom stereocenters. The van der Waals surface area contributed by atoms with Crippen molar-refractivity contribution in [2.75, 3.05) is 39.8 Å². The van der Waals surface area contributed by atoms with E-state index >= 15 is 0 Å². The lowest BCUT2D eigenvalue weighted by molar-refractivity contribution is -0.135. The maximum atomic E-state index is 12.9. The maximum Gasteiger partial charge on any atom is 0.253 e. The van der Waals surface area contributed by atoms with Crippen LogP contribution in [0.25, 0.3) is 0 Å². The molecule has 4 heterocycles. The second-order valence-corrected chi connectivity index (χ2v) is 9.02. The van der Waals surface area contributed by atoms with Crippen LogP contribution < -0.4 is 0 Å². The SMILES string of the molecule is CN1CCC[C@@H]1C(=O)N1CCCC(C2CCN(C(=O)c3ccncc3)CC2)CC1. The van der Waals surface area contributed by atoms with Gasteiger partial charge in [-0.15, -0.1) is 0 Å². The molecule has 3 aliphatic rings. The van der Waals surface area contributed by atoms with Crippen LogP contribution >= 0.6 is 0 Å². The Morgan fingerprint density at radius 2 is 1.45 bits per heavy atom. The summed E-state index contributed by atoms with van der Waals surface area (Å²) in [5.74, 6) is 1.85. The molecule has 2 amide bonds. The number of aromatic nitrogens is 1. The Hall–Kier alpha value is -1.95. The van der Waals surface area contributed by atoms with Gasteiger partial charge in [0.05, 0.1) is 6.04 Å². The van der Waals surface area contributed by atoms with Crippen LogP contribution in [0.3, 0.4) is 0 Å². The molecule has 158 valence electrons. The quantitative estimate of drug-likeness (QED) is 0.786. The fourth-order valence-electron chi connectivity index (χ4n) is 5.50. The van der Waals surface area contributed by atoms with Crippen molar-refractivity contribution < 1.29 is 9.59 Å². The van der Waals surface area contributed by atoms with Gasteiger partial charge in [-0.25, -0.2) is 0 Å². The Labute approximate surface area is 174 Å². The van der Waals surface area contributed by atoms with Gasteiger partial charge in [0.15, 0.2) is 0 Å². The molecule has 3 fully saturated rings. The van der Waals surface area contributed by atoms with E-state index < -0.39 is 0 Å². The minimum atomic E-state index is 0.106. The van der Waals surface area contributed by atoms with E-state index in [1.807, 2.05) is 4.90 Å². The Morgan fingerprint density at radius 3 is 2.10 bits per heavy atom. The van der Waals surface area contributed by atoms with Gasteiger partial charge in [0.1, 0.15) is 0 Å². The van der Waals surface area contributed by atoms with E-state index in [0.29, 0.717) is 17.7 Å². The van der Waals surface area contributed by atoms with Crippen molar-refractivity contribution in [2.45, 2.75) is 51.0 Å². The van der Waals surface area contributed by atoms with E-state index in [0.717, 1.165) is 76.8 Å². The number of amides is 2. The largest absolute Gasteiger partial charge is 0.341 e. The van der Waals surface area contributed by atoms with Crippen LogP contribution in [0.15, 0.2) is 24.5 Å². The summed E-state index contributed by atoms with van der Waals surface area (Å²) in [6.07, 6.45) is 11.1. The highest BCUT2D eigenvalue weighted by Gasteiger charge is 2.34. The summed E-state index contributed by atoms with van der Waals surface area (Å²) in [5.41, 5.74) is 0.735. The molecule has 3 saturated heterocycles. The van der Waals surface area contributed by atoms with Gasteiger partial charge in [0, 0.05) is 44.1 Å². The number of piperidine rings is 1. The van der Waals surface area contributed by atoms with Crippen molar-refractivity contribution in [3.05, 3.63) is 30.1 Å². The molecule has 0 radical (unpaired) electrons. The van der Waals surface area contributed by atoms with Gasteiger partial charge in [-0.05, 0) is 82.5 Å². The van der Waals surface area contributed by atoms with Crippen LogP contribution in [0.5, 0.6) is 0 Å². The zero-order chi connectivity index (χ0) is 20.2. The predicted octanol–water partition coefficient (Wildman–Crippen LogP) is 2.66. The van der Waals surface area contributed by atoms with E-state index in [1.165, 1.54) is 6.42 Å². The normalized spacial score (nSPS) is 27.1. The van der Waals surface area contributed by atoms with Gasteiger partial charge in [0.2, 0.25) is 5.91 Å². The van der Waals surface area contributed by atoms with Crippen molar-refractivity contribution in [2.24, 2.45) is 11.8 Å². The lowest BCUT2D eigenvalue weighted by Crippen LogP contribution is -2.44. The highest BCUT2D eigenvalue weighted by atomic mass is 16.2. The van der Waals surface area contributed by atoms with Gasteiger partial charge < -0.3 is 9.80 Å². The average Bonchev–Trinajstić information content (AvgIpc) is 3.04. The Morgan fingerprint density at radius 1 is 0.828 bits per heavy atom. The van der Waals surface area contributed by atoms with Crippen LogP contribution in [0.1, 0.15) is 55.3 Å². The molecule has 0 spiro atoms. The third kappa shape index (κ3) is 4.63. The number of carbonyl (C=O) groups is 2. The fourth-order valence-corrected chi connectivity index (χ4v) is 5.50. The molecule has 4 rings (SSSR count). The first-order chi connectivity index (χ1) is 14.1. The molecular formula is C23H34N4O2. The zero-order valence-corrected chi connectivity index (χ0v) is 17.6. The minimum absolute atomic E-state index is 0.106. The Kier molecular flexibility index (Phi) is 6.48. The molecule has 1 aromatic heterocycles. The van der Waals surface area contributed by atoms with Gasteiger partial charge >= 0.3 is 0 Å². The fraction of sp³-hybridized carbons (Fsp3) is 0.696. The summed E-state index contributed by atoms with van der Waals surface area (Å²) in [4.78, 5) is 35.9. The minimum Gasteiger partial charge on any atom is -0.341 e. The molecule has 6 heteroatoms. The van der Waals surface area contributed by atoms with Crippen molar-refractivity contribution >= 4 is 11.8 Å². The summed E-state index contributed by atoms with van der Waals surface area (Å²) in [5, 5.41) is 0. The second-order valence-electron chi connectivity index (χ2n) is 9.02. The molecule has 29 heavy (non-hydrogen) atoms. The topological polar surface area (TPSA) is 56.8 Å². The number of pyridine rings is 1. The van der Waals surface area contributed by atoms with Gasteiger partial charge in [-0.2, -0.15) is 0 Å². The number of hydrogen-bond donors (Lipinski definition) is 0. The van der Waals surface area contributed by atoms with E-state index in [2.05, 4.69) is 21.8 Å². The van der Waals surface area contributed by atoms with Crippen molar-refractivity contribution in [1.29, 1.82) is 0 Å². The van der Waals surface area contributed by atoms with E-state index in [4.69, 9.17) is 0 Å². The third-order valence-electron chi connectivity index (χ3n) is 7.31. The van der Waals surface area contributed by atoms with Gasteiger partial charge in [0.25, 0.3) is 5.91 Å². The van der Waals surface area contributed by atoms with Crippen molar-refractivity contribution in [1.82, 2.24) is 19.7 Å². The molecule has 6 nitrogen and oxygen atoms in total. The summed E-state index contributed by atoms with van der Waals surface area (Å²) in [6, 6.07) is 3.70. The Bertz CT molecular complexity index is 702. The molecule has 3 aliphatic heterocycles. The van der Waals surface area contributed by atoms with Crippen LogP contribution in [0.4, 0.5) is 0 Å². The number of likely N-dealkylation sites (tertiary alicyclic amines) is 3. The Balaban J connectivity index is 1.27. The number of rotatable bonds is 3. The molecule has 0 bridgehead atoms. The summed E-state index contributed by atoms with van der Waals surface area (Å²) >= 11 is 0. The lowest BCUT2D eigenvalue weighted by atomic mass is 9.80. The monoisotopic (exact) mass is 398 g/mol. The van der Waals surface area contributed by atoms with Crippen LogP contribution in [-0.4, -0.2) is 77.3 Å². The number of carbonyl (C=O) groups excluding carboxylic acids is 2. The van der Waals surface area contributed by atoms with E-state index in [-0.39, 0.29) is 11.9 Å². The molecule has 0 aliphatic carbocycles. The van der Waals surface area contributed by atoms with Crippen molar-refractivity contribution in [3.8, 4) is 0 Å². The molecule has 0 N–H and O–H groups in total. The van der Waals surface area contributed by atoms with Gasteiger partial charge in [-0.1, -0.05) is 0 Å². The van der Waals surface area contributed by atoms with E-state index in [9.17, 15) is 9.59 Å². The average molecular weight is 399 g/mol. The molecule has 0 aromatic carbocycles. The number of likely N-dealkylation sites (N-methyl/N-ethyl adjacent to an activating group) is 1. The number of nitrogens with zero attached hydrogens (tertiary/aromatic N) is 4. The van der Waals surface area contributed by atoms with Crippen molar-refractivity contribution in [3.63, 3.8) is 0 Å². The number of hydrogen-bond acceptors (Lipinski definition) is 4. The first-order valence-corrected chi connectivity index (χ1v) is 11.3. The highest BCUT2D eigenvalue weighted by molar-refractivity contribution is 5.94. The summed E-state index contributed by atoms with van der Waals surface area (Å²) in [7, 11) is 2.08. The third-order valence-corrected chi connectivity index (χ3v) is 7.31. The molecule has 0 saturated carbocycles. The van der Waals surface area contributed by atoms with Crippen LogP contribution in [-0.2, 0) is 4.79 Å². The van der Waals surface area contributed by atoms with Crippen LogP contribution in [0, 0.1) is 11.8 Å². The van der Waals surface area contributed by atoms with Gasteiger partial charge in [-0.3, -0.25) is 19.5 Å². The summed E-state index contributed by atoms with van der Waals surface area (Å²) < 4.78 is 0. The molecule has 1 aromatic rings. The predicted molar refractivity (Wildman–Crippen MR) is 112 cm³/mol.